The van der Waals surface area contributed by atoms with E-state index in [0.29, 0.717) is 0 Å². The molecule has 0 fully saturated rings. The van der Waals surface area contributed by atoms with E-state index in [1.807, 2.05) is 12.1 Å². The van der Waals surface area contributed by atoms with Crippen molar-refractivity contribution in [3.05, 3.63) is 121 Å². The summed E-state index contributed by atoms with van der Waals surface area (Å²) < 4.78 is 6.39. The molecule has 1 heteroatoms. The van der Waals surface area contributed by atoms with Crippen LogP contribution in [-0.2, 0) is 0 Å². The highest BCUT2D eigenvalue weighted by Crippen LogP contribution is 2.43. The molecule has 0 spiro atoms. The van der Waals surface area contributed by atoms with Gasteiger partial charge in [-0.3, -0.25) is 0 Å². The summed E-state index contributed by atoms with van der Waals surface area (Å²) in [5, 5.41) is 10.1. The summed E-state index contributed by atoms with van der Waals surface area (Å²) in [7, 11) is 0. The van der Waals surface area contributed by atoms with Gasteiger partial charge in [-0.15, -0.1) is 0 Å². The predicted octanol–water partition coefficient (Wildman–Crippen LogP) is 9.82. The second-order valence-corrected chi connectivity index (χ2v) is 9.33. The minimum absolute atomic E-state index is 0.932. The highest BCUT2D eigenvalue weighted by molar-refractivity contribution is 6.27. The second-order valence-electron chi connectivity index (χ2n) is 9.33. The molecule has 8 rings (SSSR count). The van der Waals surface area contributed by atoms with Crippen molar-refractivity contribution in [3.8, 4) is 22.3 Å². The zero-order valence-corrected chi connectivity index (χ0v) is 19.0. The number of benzene rings is 7. The SMILES string of the molecule is c1ccc(-c2cc3ccc4ccc(-c5cccc6c5oc5ccccc56)c5ccc(c2)c3c45)cc1. The van der Waals surface area contributed by atoms with Crippen molar-refractivity contribution in [2.45, 2.75) is 0 Å². The molecule has 0 radical (unpaired) electrons. The van der Waals surface area contributed by atoms with Crippen molar-refractivity contribution < 1.29 is 4.42 Å². The third kappa shape index (κ3) is 2.64. The second kappa shape index (κ2) is 6.94. The molecule has 162 valence electrons. The Hall–Kier alpha value is -4.62. The summed E-state index contributed by atoms with van der Waals surface area (Å²) in [6, 6.07) is 43.6. The first kappa shape index (κ1) is 18.8. The van der Waals surface area contributed by atoms with E-state index in [1.54, 1.807) is 0 Å². The first-order chi connectivity index (χ1) is 17.3. The van der Waals surface area contributed by atoms with Crippen molar-refractivity contribution >= 4 is 54.3 Å². The largest absolute Gasteiger partial charge is 0.455 e. The van der Waals surface area contributed by atoms with E-state index < -0.39 is 0 Å². The van der Waals surface area contributed by atoms with Gasteiger partial charge in [0.25, 0.3) is 0 Å². The molecule has 1 heterocycles. The highest BCUT2D eigenvalue weighted by atomic mass is 16.3. The van der Waals surface area contributed by atoms with Gasteiger partial charge in [0.15, 0.2) is 0 Å². The van der Waals surface area contributed by atoms with Crippen LogP contribution in [0.2, 0.25) is 0 Å². The van der Waals surface area contributed by atoms with Crippen molar-refractivity contribution in [2.24, 2.45) is 0 Å². The molecule has 1 aromatic heterocycles. The number of hydrogen-bond acceptors (Lipinski definition) is 1. The number of furan rings is 1. The summed E-state index contributed by atoms with van der Waals surface area (Å²) >= 11 is 0. The van der Waals surface area contributed by atoms with Crippen LogP contribution in [-0.4, -0.2) is 0 Å². The van der Waals surface area contributed by atoms with Gasteiger partial charge in [-0.1, -0.05) is 103 Å². The Kier molecular flexibility index (Phi) is 3.72. The molecule has 0 saturated heterocycles. The van der Waals surface area contributed by atoms with E-state index >= 15 is 0 Å². The van der Waals surface area contributed by atoms with Crippen molar-refractivity contribution in [2.75, 3.05) is 0 Å². The van der Waals surface area contributed by atoms with Crippen molar-refractivity contribution in [3.63, 3.8) is 0 Å². The van der Waals surface area contributed by atoms with E-state index in [4.69, 9.17) is 4.42 Å². The van der Waals surface area contributed by atoms with Crippen LogP contribution in [0.1, 0.15) is 0 Å². The molecule has 0 N–H and O–H groups in total. The molecule has 0 atom stereocenters. The highest BCUT2D eigenvalue weighted by Gasteiger charge is 2.17. The third-order valence-corrected chi connectivity index (χ3v) is 7.40. The van der Waals surface area contributed by atoms with Crippen LogP contribution in [0.4, 0.5) is 0 Å². The lowest BCUT2D eigenvalue weighted by Gasteiger charge is -2.15. The Morgan fingerprint density at radius 3 is 2.00 bits per heavy atom. The zero-order chi connectivity index (χ0) is 22.9. The van der Waals surface area contributed by atoms with Gasteiger partial charge in [-0.05, 0) is 67.2 Å². The molecule has 0 unspecified atom stereocenters. The first-order valence-electron chi connectivity index (χ1n) is 12.0. The van der Waals surface area contributed by atoms with E-state index in [9.17, 15) is 0 Å². The first-order valence-corrected chi connectivity index (χ1v) is 12.0. The van der Waals surface area contributed by atoms with Crippen LogP contribution in [0.3, 0.4) is 0 Å². The van der Waals surface area contributed by atoms with Crippen LogP contribution in [0.25, 0.3) is 76.5 Å². The fourth-order valence-corrected chi connectivity index (χ4v) is 5.81. The summed E-state index contributed by atoms with van der Waals surface area (Å²) in [6.07, 6.45) is 0. The van der Waals surface area contributed by atoms with Crippen LogP contribution < -0.4 is 0 Å². The van der Waals surface area contributed by atoms with Crippen LogP contribution in [0, 0.1) is 0 Å². The lowest BCUT2D eigenvalue weighted by molar-refractivity contribution is 0.670. The fourth-order valence-electron chi connectivity index (χ4n) is 5.81. The van der Waals surface area contributed by atoms with Crippen LogP contribution >= 0.6 is 0 Å². The van der Waals surface area contributed by atoms with Gasteiger partial charge < -0.3 is 4.42 Å². The number of para-hydroxylation sites is 2. The Morgan fingerprint density at radius 1 is 0.400 bits per heavy atom. The van der Waals surface area contributed by atoms with E-state index in [2.05, 4.69) is 109 Å². The Morgan fingerprint density at radius 2 is 1.11 bits per heavy atom. The number of hydrogen-bond donors (Lipinski definition) is 0. The summed E-state index contributed by atoms with van der Waals surface area (Å²) in [6.45, 7) is 0. The molecule has 35 heavy (non-hydrogen) atoms. The lowest BCUT2D eigenvalue weighted by atomic mass is 9.88. The molecule has 0 aliphatic carbocycles. The van der Waals surface area contributed by atoms with E-state index in [0.717, 1.165) is 27.5 Å². The number of rotatable bonds is 2. The molecule has 0 aliphatic rings. The molecular formula is C34H20O. The normalized spacial score (nSPS) is 12.0. The third-order valence-electron chi connectivity index (χ3n) is 7.40. The maximum atomic E-state index is 6.39. The summed E-state index contributed by atoms with van der Waals surface area (Å²) in [5.41, 5.74) is 6.74. The van der Waals surface area contributed by atoms with Crippen LogP contribution in [0.15, 0.2) is 126 Å². The lowest BCUT2D eigenvalue weighted by Crippen LogP contribution is -1.89. The molecule has 0 saturated carbocycles. The molecule has 8 aromatic rings. The van der Waals surface area contributed by atoms with Gasteiger partial charge in [-0.25, -0.2) is 0 Å². The van der Waals surface area contributed by atoms with Crippen molar-refractivity contribution in [1.29, 1.82) is 0 Å². The average Bonchev–Trinajstić information content (AvgIpc) is 3.31. The topological polar surface area (TPSA) is 13.1 Å². The van der Waals surface area contributed by atoms with Gasteiger partial charge in [0.2, 0.25) is 0 Å². The Bertz CT molecular complexity index is 2020. The maximum Gasteiger partial charge on any atom is 0.143 e. The Labute approximate surface area is 202 Å². The smallest absolute Gasteiger partial charge is 0.143 e. The van der Waals surface area contributed by atoms with Gasteiger partial charge in [0.1, 0.15) is 11.2 Å². The molecular weight excluding hydrogens is 424 g/mol. The van der Waals surface area contributed by atoms with Gasteiger partial charge >= 0.3 is 0 Å². The number of fused-ring (bicyclic) bond motifs is 3. The van der Waals surface area contributed by atoms with E-state index in [1.165, 1.54) is 49.0 Å². The minimum atomic E-state index is 0.932. The molecule has 0 amide bonds. The predicted molar refractivity (Wildman–Crippen MR) is 148 cm³/mol. The summed E-state index contributed by atoms with van der Waals surface area (Å²) in [5.74, 6) is 0. The zero-order valence-electron chi connectivity index (χ0n) is 19.0. The summed E-state index contributed by atoms with van der Waals surface area (Å²) in [4.78, 5) is 0. The molecule has 7 aromatic carbocycles. The quantitative estimate of drug-likeness (QED) is 0.242. The van der Waals surface area contributed by atoms with Crippen molar-refractivity contribution in [1.82, 2.24) is 0 Å². The average molecular weight is 445 g/mol. The van der Waals surface area contributed by atoms with Crippen LogP contribution in [0.5, 0.6) is 0 Å². The molecule has 0 aliphatic heterocycles. The molecule has 0 bridgehead atoms. The van der Waals surface area contributed by atoms with Gasteiger partial charge in [-0.2, -0.15) is 0 Å². The fraction of sp³-hybridized carbons (Fsp3) is 0. The Balaban J connectivity index is 1.45. The monoisotopic (exact) mass is 444 g/mol. The van der Waals surface area contributed by atoms with Gasteiger partial charge in [0.05, 0.1) is 0 Å². The van der Waals surface area contributed by atoms with E-state index in [-0.39, 0.29) is 0 Å². The maximum absolute atomic E-state index is 6.39. The van der Waals surface area contributed by atoms with Gasteiger partial charge in [0, 0.05) is 16.3 Å². The minimum Gasteiger partial charge on any atom is -0.455 e. The standard InChI is InChI=1S/C34H20O/c1-2-7-21(8-3-1)25-19-23-14-13-22-15-17-26(28-18-16-24(20-25)32(23)33(22)28)29-10-6-11-30-27-9-4-5-12-31(27)35-34(29)30/h1-20H. The molecule has 1 nitrogen and oxygen atoms in total.